The summed E-state index contributed by atoms with van der Waals surface area (Å²) in [6.07, 6.45) is 3.11. The van der Waals surface area contributed by atoms with E-state index in [2.05, 4.69) is 5.32 Å². The molecule has 2 rings (SSSR count). The first-order valence-corrected chi connectivity index (χ1v) is 4.39. The van der Waals surface area contributed by atoms with Crippen LogP contribution in [0.1, 0.15) is 12.8 Å². The normalized spacial score (nSPS) is 28.4. The molecule has 3 heteroatoms. The Morgan fingerprint density at radius 3 is 2.36 bits per heavy atom. The zero-order valence-corrected chi connectivity index (χ0v) is 6.71. The van der Waals surface area contributed by atoms with Gasteiger partial charge in [-0.25, -0.2) is 0 Å². The van der Waals surface area contributed by atoms with Gasteiger partial charge in [0.15, 0.2) is 0 Å². The van der Waals surface area contributed by atoms with Gasteiger partial charge in [-0.15, -0.1) is 0 Å². The van der Waals surface area contributed by atoms with E-state index < -0.39 is 0 Å². The van der Waals surface area contributed by atoms with Crippen molar-refractivity contribution in [3.63, 3.8) is 0 Å². The fourth-order valence-corrected chi connectivity index (χ4v) is 1.44. The third kappa shape index (κ3) is 1.92. The molecule has 0 aromatic heterocycles. The van der Waals surface area contributed by atoms with Crippen molar-refractivity contribution in [2.24, 2.45) is 0 Å². The minimum absolute atomic E-state index is 0.468. The van der Waals surface area contributed by atoms with E-state index in [9.17, 15) is 0 Å². The fourth-order valence-electron chi connectivity index (χ4n) is 1.44. The molecule has 0 aromatic carbocycles. The highest BCUT2D eigenvalue weighted by molar-refractivity contribution is 4.77. The molecule has 0 unspecified atom stereocenters. The number of nitrogens with one attached hydrogen (secondary N) is 1. The Hall–Kier alpha value is -0.120. The van der Waals surface area contributed by atoms with Gasteiger partial charge >= 0.3 is 0 Å². The van der Waals surface area contributed by atoms with Crippen LogP contribution in [0.3, 0.4) is 0 Å². The summed E-state index contributed by atoms with van der Waals surface area (Å²) in [6, 6.07) is 0. The van der Waals surface area contributed by atoms with Crippen molar-refractivity contribution < 1.29 is 9.47 Å². The SMILES string of the molecule is C1CC(OC2CNC2)CCO1. The summed E-state index contributed by atoms with van der Waals surface area (Å²) < 4.78 is 11.0. The van der Waals surface area contributed by atoms with Crippen molar-refractivity contribution in [3.8, 4) is 0 Å². The third-order valence-electron chi connectivity index (χ3n) is 2.30. The Morgan fingerprint density at radius 2 is 1.82 bits per heavy atom. The van der Waals surface area contributed by atoms with Gasteiger partial charge in [0.05, 0.1) is 12.2 Å². The van der Waals surface area contributed by atoms with E-state index in [1.165, 1.54) is 0 Å². The number of ether oxygens (including phenoxy) is 2. The molecule has 2 aliphatic rings. The lowest BCUT2D eigenvalue weighted by Gasteiger charge is -2.33. The molecule has 64 valence electrons. The fraction of sp³-hybridized carbons (Fsp3) is 1.00. The van der Waals surface area contributed by atoms with E-state index in [0.717, 1.165) is 39.1 Å². The van der Waals surface area contributed by atoms with Crippen LogP contribution < -0.4 is 5.32 Å². The summed E-state index contributed by atoms with van der Waals surface area (Å²) in [6.45, 7) is 3.84. The highest BCUT2D eigenvalue weighted by Crippen LogP contribution is 2.14. The Kier molecular flexibility index (Phi) is 2.41. The molecule has 0 radical (unpaired) electrons. The maximum Gasteiger partial charge on any atom is 0.0827 e. The zero-order valence-electron chi connectivity index (χ0n) is 6.71. The molecule has 2 fully saturated rings. The lowest BCUT2D eigenvalue weighted by molar-refractivity contribution is -0.0829. The largest absolute Gasteiger partial charge is 0.381 e. The predicted molar refractivity (Wildman–Crippen MR) is 41.6 cm³/mol. The maximum atomic E-state index is 5.78. The predicted octanol–water partition coefficient (Wildman–Crippen LogP) is 0.154. The average Bonchev–Trinajstić information content (AvgIpc) is 1.99. The molecule has 0 spiro atoms. The summed E-state index contributed by atoms with van der Waals surface area (Å²) >= 11 is 0. The van der Waals surface area contributed by atoms with Gasteiger partial charge in [0.25, 0.3) is 0 Å². The zero-order chi connectivity index (χ0) is 7.52. The molecule has 0 aliphatic carbocycles. The monoisotopic (exact) mass is 157 g/mol. The van der Waals surface area contributed by atoms with Crippen molar-refractivity contribution >= 4 is 0 Å². The first kappa shape index (κ1) is 7.53. The van der Waals surface area contributed by atoms with Crippen LogP contribution in [-0.4, -0.2) is 38.5 Å². The van der Waals surface area contributed by atoms with Crippen molar-refractivity contribution in [1.29, 1.82) is 0 Å². The van der Waals surface area contributed by atoms with Crippen molar-refractivity contribution in [2.45, 2.75) is 25.0 Å². The van der Waals surface area contributed by atoms with E-state index >= 15 is 0 Å². The van der Waals surface area contributed by atoms with Crippen LogP contribution in [0.2, 0.25) is 0 Å². The quantitative estimate of drug-likeness (QED) is 0.619. The van der Waals surface area contributed by atoms with Crippen LogP contribution in [0.15, 0.2) is 0 Å². The Balaban J connectivity index is 1.67. The third-order valence-corrected chi connectivity index (χ3v) is 2.30. The van der Waals surface area contributed by atoms with Crippen LogP contribution in [0.5, 0.6) is 0 Å². The molecule has 0 bridgehead atoms. The van der Waals surface area contributed by atoms with Gasteiger partial charge in [0, 0.05) is 26.3 Å². The van der Waals surface area contributed by atoms with Crippen LogP contribution in [0.4, 0.5) is 0 Å². The van der Waals surface area contributed by atoms with Gasteiger partial charge in [-0.05, 0) is 12.8 Å². The minimum atomic E-state index is 0.468. The molecule has 3 nitrogen and oxygen atoms in total. The molecule has 0 saturated carbocycles. The van der Waals surface area contributed by atoms with Gasteiger partial charge in [-0.3, -0.25) is 0 Å². The van der Waals surface area contributed by atoms with Crippen LogP contribution >= 0.6 is 0 Å². The average molecular weight is 157 g/mol. The minimum Gasteiger partial charge on any atom is -0.381 e. The van der Waals surface area contributed by atoms with E-state index in [1.807, 2.05) is 0 Å². The Morgan fingerprint density at radius 1 is 1.09 bits per heavy atom. The summed E-state index contributed by atoms with van der Waals surface area (Å²) in [5, 5.41) is 3.19. The Labute approximate surface area is 67.1 Å². The molecule has 2 heterocycles. The van der Waals surface area contributed by atoms with E-state index in [4.69, 9.17) is 9.47 Å². The second kappa shape index (κ2) is 3.52. The van der Waals surface area contributed by atoms with Crippen LogP contribution in [0, 0.1) is 0 Å². The first-order chi connectivity index (χ1) is 5.45. The highest BCUT2D eigenvalue weighted by atomic mass is 16.5. The van der Waals surface area contributed by atoms with Crippen molar-refractivity contribution in [1.82, 2.24) is 5.32 Å². The molecule has 2 aliphatic heterocycles. The van der Waals surface area contributed by atoms with Gasteiger partial charge < -0.3 is 14.8 Å². The molecular formula is C8H15NO2. The summed E-state index contributed by atoms with van der Waals surface area (Å²) in [5.74, 6) is 0. The molecule has 0 aromatic rings. The molecular weight excluding hydrogens is 142 g/mol. The van der Waals surface area contributed by atoms with Crippen LogP contribution in [0.25, 0.3) is 0 Å². The van der Waals surface area contributed by atoms with Crippen molar-refractivity contribution in [3.05, 3.63) is 0 Å². The number of hydrogen-bond donors (Lipinski definition) is 1. The molecule has 2 saturated heterocycles. The first-order valence-electron chi connectivity index (χ1n) is 4.39. The topological polar surface area (TPSA) is 30.5 Å². The van der Waals surface area contributed by atoms with Gasteiger partial charge in [-0.1, -0.05) is 0 Å². The maximum absolute atomic E-state index is 5.78. The summed E-state index contributed by atoms with van der Waals surface area (Å²) in [5.41, 5.74) is 0. The second-order valence-electron chi connectivity index (χ2n) is 3.23. The molecule has 0 amide bonds. The number of hydrogen-bond acceptors (Lipinski definition) is 3. The lowest BCUT2D eigenvalue weighted by atomic mass is 10.1. The van der Waals surface area contributed by atoms with Crippen molar-refractivity contribution in [2.75, 3.05) is 26.3 Å². The molecule has 0 atom stereocenters. The molecule has 11 heavy (non-hydrogen) atoms. The summed E-state index contributed by atoms with van der Waals surface area (Å²) in [7, 11) is 0. The van der Waals surface area contributed by atoms with Gasteiger partial charge in [-0.2, -0.15) is 0 Å². The van der Waals surface area contributed by atoms with E-state index in [-0.39, 0.29) is 0 Å². The second-order valence-corrected chi connectivity index (χ2v) is 3.23. The lowest BCUT2D eigenvalue weighted by Crippen LogP contribution is -2.50. The van der Waals surface area contributed by atoms with E-state index in [0.29, 0.717) is 12.2 Å². The highest BCUT2D eigenvalue weighted by Gasteiger charge is 2.23. The van der Waals surface area contributed by atoms with E-state index in [1.54, 1.807) is 0 Å². The smallest absolute Gasteiger partial charge is 0.0827 e. The number of rotatable bonds is 2. The molecule has 1 N–H and O–H groups in total. The Bertz CT molecular complexity index is 119. The van der Waals surface area contributed by atoms with Crippen LogP contribution in [-0.2, 0) is 9.47 Å². The van der Waals surface area contributed by atoms with Gasteiger partial charge in [0.1, 0.15) is 0 Å². The van der Waals surface area contributed by atoms with Gasteiger partial charge in [0.2, 0.25) is 0 Å². The standard InChI is InChI=1S/C8H15NO2/c1-3-10-4-2-7(1)11-8-5-9-6-8/h7-9H,1-6H2. The summed E-state index contributed by atoms with van der Waals surface area (Å²) in [4.78, 5) is 0.